The summed E-state index contributed by atoms with van der Waals surface area (Å²) in [6.45, 7) is 0. The Labute approximate surface area is 128 Å². The summed E-state index contributed by atoms with van der Waals surface area (Å²) in [5.74, 6) is 2.32. The van der Waals surface area contributed by atoms with Gasteiger partial charge in [0.25, 0.3) is 0 Å². The van der Waals surface area contributed by atoms with Crippen LogP contribution in [0.2, 0.25) is 0 Å². The van der Waals surface area contributed by atoms with Gasteiger partial charge in [-0.1, -0.05) is 12.8 Å². The third-order valence-corrected chi connectivity index (χ3v) is 3.90. The van der Waals surface area contributed by atoms with Gasteiger partial charge in [0.05, 0.1) is 13.3 Å². The van der Waals surface area contributed by atoms with Gasteiger partial charge in [-0.3, -0.25) is 0 Å². The molecule has 0 atom stereocenters. The van der Waals surface area contributed by atoms with Crippen LogP contribution < -0.4 is 20.9 Å². The summed E-state index contributed by atoms with van der Waals surface area (Å²) in [6.07, 6.45) is 8.02. The van der Waals surface area contributed by atoms with Crippen molar-refractivity contribution in [2.24, 2.45) is 0 Å². The molecule has 7 nitrogen and oxygen atoms in total. The Morgan fingerprint density at radius 1 is 1.09 bits per heavy atom. The van der Waals surface area contributed by atoms with Gasteiger partial charge in [0, 0.05) is 17.8 Å². The highest BCUT2D eigenvalue weighted by molar-refractivity contribution is 5.50. The number of aromatic nitrogens is 3. The number of pyridine rings is 1. The lowest BCUT2D eigenvalue weighted by Gasteiger charge is -2.16. The summed E-state index contributed by atoms with van der Waals surface area (Å²) in [7, 11) is 1.57. The van der Waals surface area contributed by atoms with E-state index < -0.39 is 0 Å². The fraction of sp³-hybridized carbons (Fsp3) is 0.400. The number of nitrogens with two attached hydrogens (primary N) is 2. The van der Waals surface area contributed by atoms with Gasteiger partial charge in [0.2, 0.25) is 11.8 Å². The van der Waals surface area contributed by atoms with Gasteiger partial charge in [-0.2, -0.15) is 4.98 Å². The van der Waals surface area contributed by atoms with Crippen molar-refractivity contribution in [2.75, 3.05) is 18.6 Å². The molecule has 2 aromatic rings. The number of nitrogen functional groups attached to an aromatic ring is 2. The van der Waals surface area contributed by atoms with Gasteiger partial charge in [0.15, 0.2) is 11.6 Å². The largest absolute Gasteiger partial charge is 0.481 e. The molecule has 0 amide bonds. The van der Waals surface area contributed by atoms with Crippen LogP contribution >= 0.6 is 0 Å². The summed E-state index contributed by atoms with van der Waals surface area (Å²) in [5, 5.41) is 0. The zero-order valence-electron chi connectivity index (χ0n) is 12.5. The molecule has 1 aliphatic carbocycles. The maximum absolute atomic E-state index is 5.92. The molecule has 22 heavy (non-hydrogen) atoms. The lowest BCUT2D eigenvalue weighted by molar-refractivity contribution is 0.390. The molecule has 2 aromatic heterocycles. The second-order valence-corrected chi connectivity index (χ2v) is 5.33. The van der Waals surface area contributed by atoms with E-state index in [1.54, 1.807) is 13.2 Å². The van der Waals surface area contributed by atoms with Gasteiger partial charge in [-0.15, -0.1) is 0 Å². The number of anilines is 2. The van der Waals surface area contributed by atoms with E-state index in [1.807, 2.05) is 6.20 Å². The van der Waals surface area contributed by atoms with Crippen LogP contribution in [0.1, 0.15) is 37.2 Å². The number of hydrogen-bond acceptors (Lipinski definition) is 7. The molecule has 7 heteroatoms. The Hall–Kier alpha value is -2.57. The summed E-state index contributed by atoms with van der Waals surface area (Å²) in [5.41, 5.74) is 12.4. The molecular formula is C15H19N5O2. The first-order valence-corrected chi connectivity index (χ1v) is 7.27. The zero-order chi connectivity index (χ0) is 15.5. The van der Waals surface area contributed by atoms with Crippen molar-refractivity contribution in [1.82, 2.24) is 15.0 Å². The highest BCUT2D eigenvalue weighted by Crippen LogP contribution is 2.41. The van der Waals surface area contributed by atoms with E-state index in [1.165, 1.54) is 19.0 Å². The van der Waals surface area contributed by atoms with Crippen molar-refractivity contribution in [3.8, 4) is 17.4 Å². The van der Waals surface area contributed by atoms with E-state index in [2.05, 4.69) is 15.0 Å². The standard InChI is InChI=1S/C15H19N5O2/c1-21-13-6-11(10(7-18-13)9-4-2-3-5-9)22-12-8-19-15(17)20-14(12)16/h6-9H,2-5H2,1H3,(H4,16,17,19,20). The maximum Gasteiger partial charge on any atom is 0.222 e. The second kappa shape index (κ2) is 6.05. The van der Waals surface area contributed by atoms with Crippen molar-refractivity contribution < 1.29 is 9.47 Å². The third kappa shape index (κ3) is 2.88. The Balaban J connectivity index is 1.96. The molecule has 116 valence electrons. The number of nitrogens with zero attached hydrogens (tertiary/aromatic N) is 3. The SMILES string of the molecule is COc1cc(Oc2cnc(N)nc2N)c(C2CCCC2)cn1. The predicted molar refractivity (Wildman–Crippen MR) is 82.9 cm³/mol. The first-order chi connectivity index (χ1) is 10.7. The monoisotopic (exact) mass is 301 g/mol. The van der Waals surface area contributed by atoms with Crippen LogP contribution in [0.3, 0.4) is 0 Å². The van der Waals surface area contributed by atoms with E-state index in [0.29, 0.717) is 23.3 Å². The Morgan fingerprint density at radius 2 is 1.86 bits per heavy atom. The van der Waals surface area contributed by atoms with Gasteiger partial charge >= 0.3 is 0 Å². The predicted octanol–water partition coefficient (Wildman–Crippen LogP) is 2.49. The van der Waals surface area contributed by atoms with Gasteiger partial charge in [-0.25, -0.2) is 9.97 Å². The van der Waals surface area contributed by atoms with Gasteiger partial charge < -0.3 is 20.9 Å². The Bertz CT molecular complexity index is 671. The van der Waals surface area contributed by atoms with Crippen LogP contribution in [-0.4, -0.2) is 22.1 Å². The average Bonchev–Trinajstić information content (AvgIpc) is 3.04. The molecule has 0 bridgehead atoms. The highest BCUT2D eigenvalue weighted by Gasteiger charge is 2.22. The molecule has 3 rings (SSSR count). The van der Waals surface area contributed by atoms with Crippen LogP contribution in [0.25, 0.3) is 0 Å². The Morgan fingerprint density at radius 3 is 2.55 bits per heavy atom. The average molecular weight is 301 g/mol. The molecule has 0 saturated heterocycles. The minimum atomic E-state index is 0.119. The smallest absolute Gasteiger partial charge is 0.222 e. The summed E-state index contributed by atoms with van der Waals surface area (Å²) in [4.78, 5) is 12.1. The highest BCUT2D eigenvalue weighted by atomic mass is 16.5. The van der Waals surface area contributed by atoms with E-state index in [9.17, 15) is 0 Å². The van der Waals surface area contributed by atoms with Gasteiger partial charge in [0.1, 0.15) is 5.75 Å². The van der Waals surface area contributed by atoms with E-state index in [-0.39, 0.29) is 11.8 Å². The minimum Gasteiger partial charge on any atom is -0.481 e. The van der Waals surface area contributed by atoms with Gasteiger partial charge in [-0.05, 0) is 18.8 Å². The molecule has 0 spiro atoms. The van der Waals surface area contributed by atoms with Crippen LogP contribution in [-0.2, 0) is 0 Å². The molecule has 0 aliphatic heterocycles. The zero-order valence-corrected chi connectivity index (χ0v) is 12.5. The van der Waals surface area contributed by atoms with Crippen LogP contribution in [0.15, 0.2) is 18.5 Å². The van der Waals surface area contributed by atoms with Crippen molar-refractivity contribution in [2.45, 2.75) is 31.6 Å². The number of methoxy groups -OCH3 is 1. The maximum atomic E-state index is 5.92. The number of hydrogen-bond donors (Lipinski definition) is 2. The molecule has 1 aliphatic rings. The van der Waals surface area contributed by atoms with E-state index >= 15 is 0 Å². The topological polar surface area (TPSA) is 109 Å². The van der Waals surface area contributed by atoms with E-state index in [4.69, 9.17) is 20.9 Å². The lowest BCUT2D eigenvalue weighted by Crippen LogP contribution is -2.04. The lowest BCUT2D eigenvalue weighted by atomic mass is 9.98. The third-order valence-electron chi connectivity index (χ3n) is 3.90. The summed E-state index contributed by atoms with van der Waals surface area (Å²) < 4.78 is 11.1. The fourth-order valence-corrected chi connectivity index (χ4v) is 2.77. The summed E-state index contributed by atoms with van der Waals surface area (Å²) >= 11 is 0. The molecule has 4 N–H and O–H groups in total. The van der Waals surface area contributed by atoms with Crippen LogP contribution in [0.5, 0.6) is 17.4 Å². The van der Waals surface area contributed by atoms with Crippen molar-refractivity contribution in [3.63, 3.8) is 0 Å². The number of rotatable bonds is 4. The molecule has 1 saturated carbocycles. The van der Waals surface area contributed by atoms with Crippen molar-refractivity contribution >= 4 is 11.8 Å². The fourth-order valence-electron chi connectivity index (χ4n) is 2.77. The molecule has 1 fully saturated rings. The first kappa shape index (κ1) is 14.4. The first-order valence-electron chi connectivity index (χ1n) is 7.27. The molecule has 0 aromatic carbocycles. The minimum absolute atomic E-state index is 0.119. The Kier molecular flexibility index (Phi) is 3.95. The molecular weight excluding hydrogens is 282 g/mol. The molecule has 0 unspecified atom stereocenters. The van der Waals surface area contributed by atoms with E-state index in [0.717, 1.165) is 18.4 Å². The normalized spacial score (nSPS) is 15.0. The second-order valence-electron chi connectivity index (χ2n) is 5.33. The number of ether oxygens (including phenoxy) is 2. The van der Waals surface area contributed by atoms with Crippen molar-refractivity contribution in [1.29, 1.82) is 0 Å². The van der Waals surface area contributed by atoms with Crippen molar-refractivity contribution in [3.05, 3.63) is 24.0 Å². The molecule has 2 heterocycles. The summed E-state index contributed by atoms with van der Waals surface area (Å²) in [6, 6.07) is 1.77. The van der Waals surface area contributed by atoms with Crippen LogP contribution in [0.4, 0.5) is 11.8 Å². The molecule has 0 radical (unpaired) electrons. The quantitative estimate of drug-likeness (QED) is 0.892. The van der Waals surface area contributed by atoms with Crippen LogP contribution in [0, 0.1) is 0 Å².